The number of carbonyl (C=O) groups excluding carboxylic acids is 1. The van der Waals surface area contributed by atoms with Gasteiger partial charge in [-0.05, 0) is 75.0 Å². The van der Waals surface area contributed by atoms with E-state index in [9.17, 15) is 19.8 Å². The van der Waals surface area contributed by atoms with Crippen molar-refractivity contribution in [2.45, 2.75) is 151 Å². The minimum absolute atomic E-state index is 0.0196. The molecule has 0 aromatic carbocycles. The summed E-state index contributed by atoms with van der Waals surface area (Å²) in [5.74, 6) is -0.558. The summed E-state index contributed by atoms with van der Waals surface area (Å²) in [4.78, 5) is 40.4. The van der Waals surface area contributed by atoms with E-state index < -0.39 is 5.97 Å². The van der Waals surface area contributed by atoms with Crippen LogP contribution < -0.4 is 5.32 Å². The van der Waals surface area contributed by atoms with Gasteiger partial charge in [-0.1, -0.05) is 91.4 Å². The standard InChI is InChI=1S/C46H60N4O5/c1-7-9-10-11-12-13-14-15-16-17-18-19-20-42(54)55-46-30(6)37-24-35-28(4)32(21-22-41(52)53)44(49-35)33-23-40(51)43-29(5)36(50-45(33)43)25-38-31(8-2)27(3)34(47-38)26-39(46)48-37/h24-26,28,32,49,51H,7-23H2,1-6H3,(H,52,53)/t28-,32-/m0/s1. The average molecular weight is 749 g/mol. The Balaban J connectivity index is 1.26. The summed E-state index contributed by atoms with van der Waals surface area (Å²) in [7, 11) is 0. The van der Waals surface area contributed by atoms with Crippen LogP contribution in [0.3, 0.4) is 0 Å². The van der Waals surface area contributed by atoms with E-state index in [-0.39, 0.29) is 30.0 Å². The Morgan fingerprint density at radius 1 is 0.800 bits per heavy atom. The minimum Gasteiger partial charge on any atom is -0.511 e. The average Bonchev–Trinajstić information content (AvgIpc) is 3.90. The molecule has 2 atom stereocenters. The number of allylic oxidation sites excluding steroid dienone is 11. The molecule has 0 radical (unpaired) electrons. The maximum Gasteiger partial charge on any atom is 0.311 e. The molecule has 9 heteroatoms. The number of unbranched alkanes of at least 4 members (excludes halogenated alkanes) is 11. The molecule has 1 saturated heterocycles. The number of nitrogens with one attached hydrogen (secondary N) is 1. The number of aliphatic hydroxyl groups excluding tert-OH is 1. The van der Waals surface area contributed by atoms with Crippen molar-refractivity contribution in [3.63, 3.8) is 0 Å². The number of carboxylic acids is 1. The largest absolute Gasteiger partial charge is 0.511 e. The summed E-state index contributed by atoms with van der Waals surface area (Å²) >= 11 is 0. The number of nitrogens with zero attached hydrogens (tertiary/aromatic N) is 3. The fraction of sp³-hybridized carbons (Fsp3) is 0.543. The van der Waals surface area contributed by atoms with Gasteiger partial charge in [0.05, 0.1) is 28.5 Å². The second-order valence-electron chi connectivity index (χ2n) is 16.0. The molecule has 0 amide bonds. The third kappa shape index (κ3) is 8.81. The fourth-order valence-corrected chi connectivity index (χ4v) is 8.76. The van der Waals surface area contributed by atoms with Gasteiger partial charge in [-0.25, -0.2) is 15.0 Å². The zero-order valence-electron chi connectivity index (χ0n) is 33.9. The van der Waals surface area contributed by atoms with Gasteiger partial charge in [0.2, 0.25) is 0 Å². The van der Waals surface area contributed by atoms with E-state index in [2.05, 4.69) is 33.0 Å². The van der Waals surface area contributed by atoms with E-state index in [0.29, 0.717) is 36.4 Å². The quantitative estimate of drug-likeness (QED) is 0.0944. The maximum absolute atomic E-state index is 13.4. The predicted molar refractivity (Wildman–Crippen MR) is 221 cm³/mol. The summed E-state index contributed by atoms with van der Waals surface area (Å²) in [5.41, 5.74) is 11.5. The van der Waals surface area contributed by atoms with Gasteiger partial charge in [-0.2, -0.15) is 0 Å². The molecule has 0 unspecified atom stereocenters. The van der Waals surface area contributed by atoms with Gasteiger partial charge < -0.3 is 20.3 Å². The molecule has 5 aliphatic heterocycles. The van der Waals surface area contributed by atoms with Gasteiger partial charge in [0.25, 0.3) is 0 Å². The lowest BCUT2D eigenvalue weighted by atomic mass is 9.86. The van der Waals surface area contributed by atoms with Crippen LogP contribution in [0.25, 0.3) is 0 Å². The molecule has 1 aliphatic carbocycles. The Hall–Kier alpha value is -4.53. The Morgan fingerprint density at radius 3 is 2.09 bits per heavy atom. The molecule has 0 aromatic heterocycles. The second kappa shape index (κ2) is 17.9. The highest BCUT2D eigenvalue weighted by Gasteiger charge is 2.41. The highest BCUT2D eigenvalue weighted by Crippen LogP contribution is 2.46. The molecule has 6 aliphatic rings. The summed E-state index contributed by atoms with van der Waals surface area (Å²) in [6.45, 7) is 12.5. The summed E-state index contributed by atoms with van der Waals surface area (Å²) in [6, 6.07) is 0. The first-order chi connectivity index (χ1) is 26.5. The van der Waals surface area contributed by atoms with Crippen LogP contribution in [0, 0.1) is 11.8 Å². The van der Waals surface area contributed by atoms with Gasteiger partial charge in [0, 0.05) is 59.2 Å². The summed E-state index contributed by atoms with van der Waals surface area (Å²) in [6.07, 6.45) is 22.6. The van der Waals surface area contributed by atoms with Crippen molar-refractivity contribution in [1.29, 1.82) is 0 Å². The molecule has 6 rings (SSSR count). The van der Waals surface area contributed by atoms with Crippen molar-refractivity contribution >= 4 is 29.1 Å². The van der Waals surface area contributed by atoms with Crippen LogP contribution in [0.4, 0.5) is 0 Å². The first-order valence-corrected chi connectivity index (χ1v) is 20.9. The number of fused-ring (bicyclic) bond motifs is 5. The van der Waals surface area contributed by atoms with E-state index in [1.807, 2.05) is 32.1 Å². The van der Waals surface area contributed by atoms with Crippen molar-refractivity contribution in [2.24, 2.45) is 26.8 Å². The van der Waals surface area contributed by atoms with Crippen LogP contribution in [0.15, 0.2) is 107 Å². The monoisotopic (exact) mass is 748 g/mol. The SMILES string of the molecule is CCCCCCCCCCCCCCC(=O)OC1=C(C)C2=NC1=CC1=NC(=CC3=C(C)C4=C(O)CC(=C5NC(=C2)[C@@H](C)[C@@H]5CCC(=O)O)C4=N3)C(CC)=C1C. The van der Waals surface area contributed by atoms with Crippen LogP contribution in [0.1, 0.15) is 151 Å². The van der Waals surface area contributed by atoms with E-state index in [0.717, 1.165) is 93.3 Å². The van der Waals surface area contributed by atoms with Gasteiger partial charge >= 0.3 is 11.9 Å². The second-order valence-corrected chi connectivity index (χ2v) is 16.0. The predicted octanol–water partition coefficient (Wildman–Crippen LogP) is 11.1. The van der Waals surface area contributed by atoms with E-state index in [1.54, 1.807) is 0 Å². The van der Waals surface area contributed by atoms with E-state index in [1.165, 1.54) is 57.8 Å². The number of aliphatic carboxylic acids is 1. The highest BCUT2D eigenvalue weighted by atomic mass is 16.5. The molecule has 1 fully saturated rings. The molecule has 294 valence electrons. The van der Waals surface area contributed by atoms with E-state index >= 15 is 0 Å². The van der Waals surface area contributed by atoms with Gasteiger partial charge in [0.1, 0.15) is 11.5 Å². The Morgan fingerprint density at radius 2 is 1.44 bits per heavy atom. The molecule has 0 saturated carbocycles. The van der Waals surface area contributed by atoms with Crippen molar-refractivity contribution in [3.8, 4) is 0 Å². The topological polar surface area (TPSA) is 133 Å². The molecule has 0 spiro atoms. The van der Waals surface area contributed by atoms with E-state index in [4.69, 9.17) is 19.7 Å². The lowest BCUT2D eigenvalue weighted by Gasteiger charge is -2.17. The zero-order chi connectivity index (χ0) is 39.2. The molecule has 9 nitrogen and oxygen atoms in total. The van der Waals surface area contributed by atoms with Crippen molar-refractivity contribution in [3.05, 3.63) is 91.7 Å². The number of hydrogen-bond donors (Lipinski definition) is 3. The minimum atomic E-state index is -0.847. The smallest absolute Gasteiger partial charge is 0.311 e. The normalized spacial score (nSPS) is 21.6. The number of aliphatic imine (C=N–C) groups is 3. The number of rotatable bonds is 18. The van der Waals surface area contributed by atoms with Crippen molar-refractivity contribution in [2.75, 3.05) is 0 Å². The number of esters is 1. The highest BCUT2D eigenvalue weighted by molar-refractivity contribution is 6.21. The molecular formula is C46H60N4O5. The number of aliphatic hydroxyl groups is 1. The third-order valence-electron chi connectivity index (χ3n) is 12.1. The molecule has 5 heterocycles. The Labute approximate surface area is 327 Å². The first kappa shape index (κ1) is 40.1. The van der Waals surface area contributed by atoms with Crippen LogP contribution in [-0.2, 0) is 14.3 Å². The maximum atomic E-state index is 13.4. The van der Waals surface area contributed by atoms with Crippen LogP contribution in [0.5, 0.6) is 0 Å². The van der Waals surface area contributed by atoms with Gasteiger partial charge in [-0.3, -0.25) is 9.59 Å². The number of ether oxygens (including phenoxy) is 1. The van der Waals surface area contributed by atoms with Crippen molar-refractivity contribution in [1.82, 2.24) is 5.32 Å². The third-order valence-corrected chi connectivity index (χ3v) is 12.1. The number of carbonyl (C=O) groups is 2. The Bertz CT molecular complexity index is 1960. The zero-order valence-corrected chi connectivity index (χ0v) is 33.9. The van der Waals surface area contributed by atoms with Crippen molar-refractivity contribution < 1.29 is 24.5 Å². The first-order valence-electron chi connectivity index (χ1n) is 20.9. The molecule has 8 bridgehead atoms. The summed E-state index contributed by atoms with van der Waals surface area (Å²) in [5, 5.41) is 24.6. The van der Waals surface area contributed by atoms with Gasteiger partial charge in [-0.15, -0.1) is 0 Å². The number of carboxylic acid groups (broad SMARTS) is 1. The molecular weight excluding hydrogens is 689 g/mol. The van der Waals surface area contributed by atoms with Crippen LogP contribution in [0.2, 0.25) is 0 Å². The van der Waals surface area contributed by atoms with Crippen LogP contribution in [-0.4, -0.2) is 39.3 Å². The molecule has 55 heavy (non-hydrogen) atoms. The van der Waals surface area contributed by atoms with Crippen LogP contribution >= 0.6 is 0 Å². The molecule has 0 aromatic rings. The summed E-state index contributed by atoms with van der Waals surface area (Å²) < 4.78 is 6.16. The molecule has 3 N–H and O–H groups in total. The lowest BCUT2D eigenvalue weighted by Crippen LogP contribution is -2.15. The van der Waals surface area contributed by atoms with Gasteiger partial charge in [0.15, 0.2) is 5.76 Å². The Kier molecular flexibility index (Phi) is 13.1. The lowest BCUT2D eigenvalue weighted by molar-refractivity contribution is -0.139. The fourth-order valence-electron chi connectivity index (χ4n) is 8.76. The number of hydrogen-bond acceptors (Lipinski definition) is 8.